The minimum absolute atomic E-state index is 0.0573. The summed E-state index contributed by atoms with van der Waals surface area (Å²) in [4.78, 5) is 12.4. The molecule has 2 aromatic carbocycles. The molecule has 144 valence electrons. The number of benzene rings is 2. The lowest BCUT2D eigenvalue weighted by Gasteiger charge is -2.28. The fourth-order valence-electron chi connectivity index (χ4n) is 1.93. The molecule has 3 N–H and O–H groups in total. The Hall–Kier alpha value is -0.660. The second-order valence-electron chi connectivity index (χ2n) is 5.18. The van der Waals surface area contributed by atoms with Gasteiger partial charge in [-0.15, -0.1) is 0 Å². The number of hydrogen-bond donors (Lipinski definition) is 3. The molecule has 0 aliphatic heterocycles. The molecule has 4 nitrogen and oxygen atoms in total. The summed E-state index contributed by atoms with van der Waals surface area (Å²) in [6, 6.07) is 11.1. The van der Waals surface area contributed by atoms with E-state index in [2.05, 4.69) is 16.0 Å². The van der Waals surface area contributed by atoms with Gasteiger partial charge in [0.15, 0.2) is 5.11 Å². The molecule has 0 aliphatic carbocycles. The predicted molar refractivity (Wildman–Crippen MR) is 119 cm³/mol. The van der Waals surface area contributed by atoms with Crippen molar-refractivity contribution in [1.29, 1.82) is 0 Å². The van der Waals surface area contributed by atoms with E-state index >= 15 is 0 Å². The molecule has 1 amide bonds. The van der Waals surface area contributed by atoms with Crippen molar-refractivity contribution in [1.82, 2.24) is 10.6 Å². The van der Waals surface area contributed by atoms with Gasteiger partial charge in [-0.3, -0.25) is 4.79 Å². The zero-order chi connectivity index (χ0) is 20.2. The number of thiocarbonyl (C=S) groups is 1. The van der Waals surface area contributed by atoms with Crippen molar-refractivity contribution in [3.63, 3.8) is 0 Å². The van der Waals surface area contributed by atoms with E-state index in [1.54, 1.807) is 36.4 Å². The third kappa shape index (κ3) is 7.02. The maximum absolute atomic E-state index is 12.4. The fraction of sp³-hybridized carbons (Fsp3) is 0.125. The number of hydrogen-bond acceptors (Lipinski definition) is 2. The van der Waals surface area contributed by atoms with Crippen molar-refractivity contribution in [3.8, 4) is 0 Å². The third-order valence-corrected chi connectivity index (χ3v) is 4.82. The number of alkyl halides is 3. The summed E-state index contributed by atoms with van der Waals surface area (Å²) in [6.07, 6.45) is -1.15. The average molecular weight is 506 g/mol. The van der Waals surface area contributed by atoms with Crippen molar-refractivity contribution in [3.05, 3.63) is 63.1 Å². The standard InChI is InChI=1S/C16H11Cl6N3OS/c17-9-3-1-2-8(6-9)13(26)24-14(16(20,21)22)25-15(27)23-12-7-10(18)4-5-11(12)19/h1-7,14H,(H,24,26)(H2,23,25,27)/t14-/m0/s1. The average Bonchev–Trinajstić information content (AvgIpc) is 2.56. The number of anilines is 1. The molecule has 0 heterocycles. The second-order valence-corrected chi connectivity index (χ2v) is 9.24. The van der Waals surface area contributed by atoms with Crippen LogP contribution in [0, 0.1) is 0 Å². The van der Waals surface area contributed by atoms with Crippen molar-refractivity contribution in [2.75, 3.05) is 5.32 Å². The molecule has 0 saturated carbocycles. The second kappa shape index (κ2) is 9.70. The maximum atomic E-state index is 12.4. The Morgan fingerprint density at radius 2 is 1.63 bits per heavy atom. The van der Waals surface area contributed by atoms with Crippen LogP contribution in [0.15, 0.2) is 42.5 Å². The molecule has 0 aromatic heterocycles. The number of nitrogens with one attached hydrogen (secondary N) is 3. The van der Waals surface area contributed by atoms with Gasteiger partial charge in [0, 0.05) is 15.6 Å². The summed E-state index contributed by atoms with van der Waals surface area (Å²) >= 11 is 41.0. The van der Waals surface area contributed by atoms with Crippen molar-refractivity contribution in [2.24, 2.45) is 0 Å². The zero-order valence-electron chi connectivity index (χ0n) is 13.2. The molecule has 1 atom stereocenters. The van der Waals surface area contributed by atoms with Crippen LogP contribution >= 0.6 is 81.8 Å². The molecule has 0 spiro atoms. The van der Waals surface area contributed by atoms with Crippen LogP contribution in [0.25, 0.3) is 0 Å². The van der Waals surface area contributed by atoms with Crippen LogP contribution < -0.4 is 16.0 Å². The summed E-state index contributed by atoms with van der Waals surface area (Å²) in [7, 11) is 0. The van der Waals surface area contributed by atoms with Crippen molar-refractivity contribution < 1.29 is 4.79 Å². The van der Waals surface area contributed by atoms with Crippen LogP contribution in [0.4, 0.5) is 5.69 Å². The van der Waals surface area contributed by atoms with Gasteiger partial charge in [-0.2, -0.15) is 0 Å². The van der Waals surface area contributed by atoms with Gasteiger partial charge >= 0.3 is 0 Å². The Morgan fingerprint density at radius 3 is 2.26 bits per heavy atom. The molecule has 0 fully saturated rings. The number of carbonyl (C=O) groups is 1. The summed E-state index contributed by atoms with van der Waals surface area (Å²) in [5, 5.41) is 9.40. The Labute approximate surface area is 191 Å². The SMILES string of the molecule is O=C(N[C@@H](NC(=S)Nc1cc(Cl)ccc1Cl)C(Cl)(Cl)Cl)c1cccc(Cl)c1. The van der Waals surface area contributed by atoms with E-state index in [9.17, 15) is 4.79 Å². The highest BCUT2D eigenvalue weighted by molar-refractivity contribution is 7.80. The first-order chi connectivity index (χ1) is 12.6. The van der Waals surface area contributed by atoms with E-state index in [1.165, 1.54) is 6.07 Å². The molecule has 27 heavy (non-hydrogen) atoms. The Balaban J connectivity index is 2.11. The lowest BCUT2D eigenvalue weighted by Crippen LogP contribution is -2.56. The summed E-state index contributed by atoms with van der Waals surface area (Å²) in [6.45, 7) is 0. The largest absolute Gasteiger partial charge is 0.339 e. The van der Waals surface area contributed by atoms with Gasteiger partial charge in [-0.25, -0.2) is 0 Å². The maximum Gasteiger partial charge on any atom is 0.253 e. The molecule has 2 rings (SSSR count). The topological polar surface area (TPSA) is 53.2 Å². The van der Waals surface area contributed by atoms with Crippen molar-refractivity contribution in [2.45, 2.75) is 9.96 Å². The molecule has 0 aliphatic rings. The van der Waals surface area contributed by atoms with Crippen LogP contribution in [0.2, 0.25) is 15.1 Å². The molecule has 0 saturated heterocycles. The normalized spacial score (nSPS) is 12.2. The minimum atomic E-state index is -1.90. The number of halogens is 6. The van der Waals surface area contributed by atoms with Gasteiger partial charge in [0.25, 0.3) is 5.91 Å². The van der Waals surface area contributed by atoms with Crippen LogP contribution in [0.3, 0.4) is 0 Å². The molecular weight excluding hydrogens is 495 g/mol. The summed E-state index contributed by atoms with van der Waals surface area (Å²) in [5.41, 5.74) is 0.742. The molecule has 2 aromatic rings. The van der Waals surface area contributed by atoms with E-state index in [0.29, 0.717) is 26.3 Å². The number of amides is 1. The van der Waals surface area contributed by atoms with E-state index in [-0.39, 0.29) is 5.11 Å². The number of rotatable bonds is 4. The van der Waals surface area contributed by atoms with E-state index in [0.717, 1.165) is 0 Å². The molecular formula is C16H11Cl6N3OS. The smallest absolute Gasteiger partial charge is 0.253 e. The highest BCUT2D eigenvalue weighted by Crippen LogP contribution is 2.30. The first kappa shape index (κ1) is 22.6. The molecule has 11 heteroatoms. The van der Waals surface area contributed by atoms with E-state index in [4.69, 9.17) is 81.8 Å². The first-order valence-electron chi connectivity index (χ1n) is 7.22. The third-order valence-electron chi connectivity index (χ3n) is 3.14. The van der Waals surface area contributed by atoms with Crippen LogP contribution in [0.1, 0.15) is 10.4 Å². The Kier molecular flexibility index (Phi) is 8.13. The van der Waals surface area contributed by atoms with Gasteiger partial charge in [-0.05, 0) is 48.6 Å². The van der Waals surface area contributed by atoms with Crippen LogP contribution in [0.5, 0.6) is 0 Å². The minimum Gasteiger partial charge on any atom is -0.339 e. The summed E-state index contributed by atoms with van der Waals surface area (Å²) in [5.74, 6) is -0.509. The van der Waals surface area contributed by atoms with Gasteiger partial charge in [-0.1, -0.05) is 75.7 Å². The Bertz CT molecular complexity index is 858. The van der Waals surface area contributed by atoms with Crippen LogP contribution in [-0.2, 0) is 0 Å². The predicted octanol–water partition coefficient (Wildman–Crippen LogP) is 6.06. The highest BCUT2D eigenvalue weighted by atomic mass is 35.6. The monoisotopic (exact) mass is 503 g/mol. The van der Waals surface area contributed by atoms with Gasteiger partial charge in [0.2, 0.25) is 3.79 Å². The molecule has 0 radical (unpaired) electrons. The van der Waals surface area contributed by atoms with Gasteiger partial charge in [0.1, 0.15) is 6.17 Å². The Morgan fingerprint density at radius 1 is 0.963 bits per heavy atom. The van der Waals surface area contributed by atoms with Crippen LogP contribution in [-0.4, -0.2) is 21.0 Å². The number of carbonyl (C=O) groups excluding carboxylic acids is 1. The fourth-order valence-corrected chi connectivity index (χ4v) is 3.01. The van der Waals surface area contributed by atoms with Crippen molar-refractivity contribution >= 4 is 98.5 Å². The lowest BCUT2D eigenvalue weighted by molar-refractivity contribution is 0.0934. The zero-order valence-corrected chi connectivity index (χ0v) is 18.6. The lowest BCUT2D eigenvalue weighted by atomic mass is 10.2. The molecule has 0 unspecified atom stereocenters. The van der Waals surface area contributed by atoms with Gasteiger partial charge < -0.3 is 16.0 Å². The quantitative estimate of drug-likeness (QED) is 0.268. The first-order valence-corrected chi connectivity index (χ1v) is 9.89. The van der Waals surface area contributed by atoms with E-state index < -0.39 is 15.9 Å². The molecule has 0 bridgehead atoms. The highest BCUT2D eigenvalue weighted by Gasteiger charge is 2.35. The van der Waals surface area contributed by atoms with Gasteiger partial charge in [0.05, 0.1) is 10.7 Å². The summed E-state index contributed by atoms with van der Waals surface area (Å²) < 4.78 is -1.90. The van der Waals surface area contributed by atoms with E-state index in [1.807, 2.05) is 0 Å².